The van der Waals surface area contributed by atoms with Crippen LogP contribution < -0.4 is 16.4 Å². The molecule has 9 heteroatoms. The fourth-order valence-electron chi connectivity index (χ4n) is 2.54. The van der Waals surface area contributed by atoms with E-state index in [0.717, 1.165) is 0 Å². The molecule has 0 saturated carbocycles. The molecule has 4 N–H and O–H groups in total. The van der Waals surface area contributed by atoms with Crippen LogP contribution in [-0.4, -0.2) is 44.3 Å². The lowest BCUT2D eigenvalue weighted by molar-refractivity contribution is -0.130. The minimum Gasteiger partial charge on any atom is -0.381 e. The molecule has 25 heavy (non-hydrogen) atoms. The maximum absolute atomic E-state index is 12.5. The third-order valence-electron chi connectivity index (χ3n) is 4.18. The molecule has 1 heterocycles. The molecule has 138 valence electrons. The Kier molecular flexibility index (Phi) is 6.02. The second kappa shape index (κ2) is 7.83. The summed E-state index contributed by atoms with van der Waals surface area (Å²) in [4.78, 5) is 24.1. The zero-order valence-electron chi connectivity index (χ0n) is 13.5. The van der Waals surface area contributed by atoms with Crippen molar-refractivity contribution in [3.63, 3.8) is 0 Å². The summed E-state index contributed by atoms with van der Waals surface area (Å²) in [5.74, 6) is -1.06. The van der Waals surface area contributed by atoms with E-state index in [0.29, 0.717) is 31.7 Å². The van der Waals surface area contributed by atoms with E-state index >= 15 is 0 Å². The lowest BCUT2D eigenvalue weighted by Gasteiger charge is -2.34. The van der Waals surface area contributed by atoms with Crippen LogP contribution in [0.25, 0.3) is 0 Å². The number of hydrogen-bond donors (Lipinski definition) is 3. The van der Waals surface area contributed by atoms with Crippen molar-refractivity contribution in [2.45, 2.75) is 19.0 Å². The Morgan fingerprint density at radius 3 is 2.28 bits per heavy atom. The summed E-state index contributed by atoms with van der Waals surface area (Å²) in [5, 5.41) is 4.52. The molecule has 1 aromatic rings. The van der Waals surface area contributed by atoms with E-state index in [-0.39, 0.29) is 18.0 Å². The lowest BCUT2D eigenvalue weighted by Crippen LogP contribution is -2.46. The lowest BCUT2D eigenvalue weighted by atomic mass is 9.79. The molecule has 1 saturated heterocycles. The van der Waals surface area contributed by atoms with Crippen molar-refractivity contribution in [1.29, 1.82) is 0 Å². The van der Waals surface area contributed by atoms with Gasteiger partial charge in [0.2, 0.25) is 5.91 Å². The molecule has 1 fully saturated rings. The summed E-state index contributed by atoms with van der Waals surface area (Å²) >= 11 is 0. The van der Waals surface area contributed by atoms with Crippen LogP contribution in [0.2, 0.25) is 0 Å². The van der Waals surface area contributed by atoms with Crippen LogP contribution >= 0.6 is 0 Å². The maximum Gasteiger partial charge on any atom is 0.405 e. The number of carbonyl (C=O) groups excluding carboxylic acids is 2. The largest absolute Gasteiger partial charge is 0.405 e. The van der Waals surface area contributed by atoms with E-state index in [1.807, 2.05) is 0 Å². The zero-order valence-corrected chi connectivity index (χ0v) is 13.5. The summed E-state index contributed by atoms with van der Waals surface area (Å²) in [7, 11) is 0. The predicted molar refractivity (Wildman–Crippen MR) is 85.0 cm³/mol. The van der Waals surface area contributed by atoms with Crippen molar-refractivity contribution in [1.82, 2.24) is 5.32 Å². The Balaban J connectivity index is 1.97. The van der Waals surface area contributed by atoms with Gasteiger partial charge in [-0.3, -0.25) is 9.59 Å². The number of rotatable bonds is 5. The van der Waals surface area contributed by atoms with Crippen LogP contribution in [0.1, 0.15) is 23.2 Å². The number of benzene rings is 1. The van der Waals surface area contributed by atoms with Gasteiger partial charge in [-0.05, 0) is 37.1 Å². The minimum atomic E-state index is -4.47. The molecule has 0 radical (unpaired) electrons. The zero-order chi connectivity index (χ0) is 18.5. The van der Waals surface area contributed by atoms with Gasteiger partial charge in [-0.25, -0.2) is 0 Å². The molecule has 1 aromatic carbocycles. The number of hydrogen-bond acceptors (Lipinski definition) is 4. The molecule has 0 bridgehead atoms. The number of nitrogens with two attached hydrogens (primary N) is 1. The number of nitrogens with one attached hydrogen (secondary N) is 2. The van der Waals surface area contributed by atoms with E-state index in [2.05, 4.69) is 5.32 Å². The van der Waals surface area contributed by atoms with Gasteiger partial charge in [0, 0.05) is 31.0 Å². The fraction of sp³-hybridized carbons (Fsp3) is 0.500. The van der Waals surface area contributed by atoms with Gasteiger partial charge in [0.25, 0.3) is 5.91 Å². The quantitative estimate of drug-likeness (QED) is 0.746. The first-order valence-corrected chi connectivity index (χ1v) is 7.80. The van der Waals surface area contributed by atoms with Gasteiger partial charge in [-0.1, -0.05) is 0 Å². The maximum atomic E-state index is 12.5. The second-order valence-corrected chi connectivity index (χ2v) is 5.93. The van der Waals surface area contributed by atoms with Gasteiger partial charge in [0.05, 0.1) is 5.41 Å². The van der Waals surface area contributed by atoms with Crippen molar-refractivity contribution in [2.75, 3.05) is 31.6 Å². The van der Waals surface area contributed by atoms with Crippen LogP contribution in [0.3, 0.4) is 0 Å². The summed E-state index contributed by atoms with van der Waals surface area (Å²) in [6.45, 7) is -0.280. The Morgan fingerprint density at radius 2 is 1.76 bits per heavy atom. The van der Waals surface area contributed by atoms with E-state index in [1.54, 1.807) is 5.32 Å². The minimum absolute atomic E-state index is 0.0712. The van der Waals surface area contributed by atoms with Crippen LogP contribution in [0.15, 0.2) is 24.3 Å². The molecule has 2 amide bonds. The van der Waals surface area contributed by atoms with Crippen molar-refractivity contribution in [3.05, 3.63) is 29.8 Å². The van der Waals surface area contributed by atoms with Gasteiger partial charge in [-0.15, -0.1) is 0 Å². The molecule has 2 rings (SSSR count). The van der Waals surface area contributed by atoms with Crippen molar-refractivity contribution < 1.29 is 27.5 Å². The Labute approximate surface area is 142 Å². The molecule has 0 unspecified atom stereocenters. The SMILES string of the molecule is NCC1(C(=O)Nc2ccc(C(=O)NCC(F)(F)F)cc2)CCOCC1. The smallest absolute Gasteiger partial charge is 0.381 e. The Bertz CT molecular complexity index is 611. The number of anilines is 1. The van der Waals surface area contributed by atoms with Crippen LogP contribution in [0.4, 0.5) is 18.9 Å². The van der Waals surface area contributed by atoms with E-state index < -0.39 is 24.0 Å². The molecule has 0 aromatic heterocycles. The average Bonchev–Trinajstić information content (AvgIpc) is 2.60. The van der Waals surface area contributed by atoms with Crippen LogP contribution in [-0.2, 0) is 9.53 Å². The third-order valence-corrected chi connectivity index (χ3v) is 4.18. The Hall–Kier alpha value is -2.13. The van der Waals surface area contributed by atoms with E-state index in [4.69, 9.17) is 10.5 Å². The highest BCUT2D eigenvalue weighted by atomic mass is 19.4. The molecular formula is C16H20F3N3O3. The first kappa shape index (κ1) is 19.2. The predicted octanol–water partition coefficient (Wildman–Crippen LogP) is 1.67. The third kappa shape index (κ3) is 5.17. The van der Waals surface area contributed by atoms with Gasteiger partial charge in [0.15, 0.2) is 0 Å². The summed E-state index contributed by atoms with van der Waals surface area (Å²) in [6.07, 6.45) is -3.43. The topological polar surface area (TPSA) is 93.5 Å². The highest BCUT2D eigenvalue weighted by molar-refractivity contribution is 5.97. The number of ether oxygens (including phenoxy) is 1. The first-order chi connectivity index (χ1) is 11.8. The average molecular weight is 359 g/mol. The molecular weight excluding hydrogens is 339 g/mol. The molecule has 1 aliphatic heterocycles. The highest BCUT2D eigenvalue weighted by Crippen LogP contribution is 2.31. The van der Waals surface area contributed by atoms with Crippen molar-refractivity contribution >= 4 is 17.5 Å². The highest BCUT2D eigenvalue weighted by Gasteiger charge is 2.38. The number of carbonyl (C=O) groups is 2. The van der Waals surface area contributed by atoms with Crippen molar-refractivity contribution in [3.8, 4) is 0 Å². The van der Waals surface area contributed by atoms with Crippen molar-refractivity contribution in [2.24, 2.45) is 11.1 Å². The van der Waals surface area contributed by atoms with Gasteiger partial charge in [-0.2, -0.15) is 13.2 Å². The van der Waals surface area contributed by atoms with Gasteiger partial charge >= 0.3 is 6.18 Å². The number of amides is 2. The second-order valence-electron chi connectivity index (χ2n) is 5.93. The monoisotopic (exact) mass is 359 g/mol. The molecule has 1 aliphatic rings. The van der Waals surface area contributed by atoms with E-state index in [1.165, 1.54) is 24.3 Å². The number of alkyl halides is 3. The Morgan fingerprint density at radius 1 is 1.16 bits per heavy atom. The van der Waals surface area contributed by atoms with Crippen LogP contribution in [0, 0.1) is 5.41 Å². The molecule has 6 nitrogen and oxygen atoms in total. The molecule has 0 spiro atoms. The van der Waals surface area contributed by atoms with E-state index in [9.17, 15) is 22.8 Å². The van der Waals surface area contributed by atoms with Crippen LogP contribution in [0.5, 0.6) is 0 Å². The standard InChI is InChI=1S/C16H20F3N3O3/c17-16(18,19)10-21-13(23)11-1-3-12(4-2-11)22-14(24)15(9-20)5-7-25-8-6-15/h1-4H,5-10,20H2,(H,21,23)(H,22,24). The summed E-state index contributed by atoms with van der Waals surface area (Å²) in [5.41, 5.74) is 5.58. The summed E-state index contributed by atoms with van der Waals surface area (Å²) < 4.78 is 41.6. The number of halogens is 3. The normalized spacial score (nSPS) is 17.0. The van der Waals surface area contributed by atoms with Gasteiger partial charge in [0.1, 0.15) is 6.54 Å². The molecule has 0 aliphatic carbocycles. The fourth-order valence-corrected chi connectivity index (χ4v) is 2.54. The van der Waals surface area contributed by atoms with Gasteiger partial charge < -0.3 is 21.1 Å². The summed E-state index contributed by atoms with van der Waals surface area (Å²) in [6, 6.07) is 5.62. The molecule has 0 atom stereocenters. The first-order valence-electron chi connectivity index (χ1n) is 7.80.